The van der Waals surface area contributed by atoms with Crippen LogP contribution >= 0.6 is 0 Å². The summed E-state index contributed by atoms with van der Waals surface area (Å²) in [5.74, 6) is -1.03. The Bertz CT molecular complexity index is 785. The Morgan fingerprint density at radius 3 is 2.25 bits per heavy atom. The van der Waals surface area contributed by atoms with Crippen molar-refractivity contribution >= 4 is 16.8 Å². The van der Waals surface area contributed by atoms with Gasteiger partial charge in [-0.15, -0.1) is 0 Å². The van der Waals surface area contributed by atoms with Crippen LogP contribution in [0.2, 0.25) is 0 Å². The fraction of sp³-hybridized carbons (Fsp3) is 0.286. The maximum atomic E-state index is 13.1. The summed E-state index contributed by atoms with van der Waals surface area (Å²) < 4.78 is 78.1. The molecule has 2 aromatic rings. The molecule has 1 heterocycles. The summed E-state index contributed by atoms with van der Waals surface area (Å²) in [4.78, 5) is 19.8. The van der Waals surface area contributed by atoms with Crippen molar-refractivity contribution < 1.29 is 36.0 Å². The summed E-state index contributed by atoms with van der Waals surface area (Å²) in [5, 5.41) is 0.251. The van der Waals surface area contributed by atoms with Crippen molar-refractivity contribution in [3.05, 3.63) is 41.1 Å². The number of alkyl halides is 6. The highest BCUT2D eigenvalue weighted by molar-refractivity contribution is 6.06. The van der Waals surface area contributed by atoms with Crippen LogP contribution in [0.25, 0.3) is 10.9 Å². The molecular formula is C14H10F6N2O2. The standard InChI is InChI=1S/C14H10F6N2O2/c1-22(24-2)12(23)8-6-10(14(18,19)20)21-11-7(8)4-3-5-9(11)13(15,16)17/h3-6H,1-2H3. The number of benzene rings is 1. The Hall–Kier alpha value is -2.36. The van der Waals surface area contributed by atoms with Crippen LogP contribution in [0.4, 0.5) is 26.3 Å². The highest BCUT2D eigenvalue weighted by Gasteiger charge is 2.38. The second-order valence-electron chi connectivity index (χ2n) is 4.74. The van der Waals surface area contributed by atoms with E-state index < -0.39 is 40.6 Å². The number of rotatable bonds is 2. The van der Waals surface area contributed by atoms with E-state index in [1.807, 2.05) is 0 Å². The van der Waals surface area contributed by atoms with Crippen LogP contribution in [-0.4, -0.2) is 30.1 Å². The maximum absolute atomic E-state index is 13.1. The number of carbonyl (C=O) groups excluding carboxylic acids is 1. The SMILES string of the molecule is CON(C)C(=O)c1cc(C(F)(F)F)nc2c(C(F)(F)F)cccc12. The third-order valence-corrected chi connectivity index (χ3v) is 3.23. The molecule has 1 aromatic heterocycles. The number of hydrogen-bond donors (Lipinski definition) is 0. The van der Waals surface area contributed by atoms with Gasteiger partial charge >= 0.3 is 12.4 Å². The van der Waals surface area contributed by atoms with Crippen LogP contribution in [0.15, 0.2) is 24.3 Å². The van der Waals surface area contributed by atoms with E-state index in [1.54, 1.807) is 0 Å². The molecule has 24 heavy (non-hydrogen) atoms. The number of hydroxylamine groups is 2. The number of halogens is 6. The maximum Gasteiger partial charge on any atom is 0.433 e. The van der Waals surface area contributed by atoms with Crippen molar-refractivity contribution in [2.24, 2.45) is 0 Å². The lowest BCUT2D eigenvalue weighted by Gasteiger charge is -2.18. The summed E-state index contributed by atoms with van der Waals surface area (Å²) in [6, 6.07) is 3.09. The summed E-state index contributed by atoms with van der Waals surface area (Å²) in [5.41, 5.74) is -4.50. The minimum atomic E-state index is -5.02. The second kappa shape index (κ2) is 5.93. The first kappa shape index (κ1) is 18.0. The van der Waals surface area contributed by atoms with Gasteiger partial charge in [-0.2, -0.15) is 26.3 Å². The molecule has 0 aliphatic rings. The summed E-state index contributed by atoms with van der Waals surface area (Å²) in [7, 11) is 2.21. The second-order valence-corrected chi connectivity index (χ2v) is 4.74. The Labute approximate surface area is 131 Å². The van der Waals surface area contributed by atoms with Gasteiger partial charge in [0.1, 0.15) is 5.69 Å². The zero-order chi connectivity index (χ0) is 18.3. The molecule has 0 aliphatic carbocycles. The molecule has 0 fully saturated rings. The molecule has 0 atom stereocenters. The van der Waals surface area contributed by atoms with Gasteiger partial charge in [-0.3, -0.25) is 9.63 Å². The molecule has 0 unspecified atom stereocenters. The van der Waals surface area contributed by atoms with Gasteiger partial charge in [-0.25, -0.2) is 10.0 Å². The molecule has 0 saturated carbocycles. The molecule has 0 aliphatic heterocycles. The molecule has 130 valence electrons. The van der Waals surface area contributed by atoms with Gasteiger partial charge < -0.3 is 0 Å². The molecule has 0 bridgehead atoms. The molecule has 0 N–H and O–H groups in total. The lowest BCUT2D eigenvalue weighted by Crippen LogP contribution is -2.26. The van der Waals surface area contributed by atoms with Crippen LogP contribution in [0.1, 0.15) is 21.6 Å². The van der Waals surface area contributed by atoms with Crippen molar-refractivity contribution in [2.75, 3.05) is 14.2 Å². The normalized spacial score (nSPS) is 12.5. The first-order valence-electron chi connectivity index (χ1n) is 6.37. The van der Waals surface area contributed by atoms with Gasteiger partial charge in [0.15, 0.2) is 0 Å². The van der Waals surface area contributed by atoms with Crippen LogP contribution < -0.4 is 0 Å². The van der Waals surface area contributed by atoms with Gasteiger partial charge in [-0.05, 0) is 12.1 Å². The Morgan fingerprint density at radius 1 is 1.12 bits per heavy atom. The van der Waals surface area contributed by atoms with E-state index in [2.05, 4.69) is 9.82 Å². The molecule has 0 radical (unpaired) electrons. The topological polar surface area (TPSA) is 42.4 Å². The molecular weight excluding hydrogens is 342 g/mol. The van der Waals surface area contributed by atoms with E-state index in [-0.39, 0.29) is 5.39 Å². The average molecular weight is 352 g/mol. The molecule has 1 aromatic carbocycles. The van der Waals surface area contributed by atoms with Crippen LogP contribution in [0, 0.1) is 0 Å². The van der Waals surface area contributed by atoms with Crippen molar-refractivity contribution in [2.45, 2.75) is 12.4 Å². The first-order chi connectivity index (χ1) is 11.0. The molecule has 0 spiro atoms. The predicted octanol–water partition coefficient (Wildman–Crippen LogP) is 3.91. The third-order valence-electron chi connectivity index (χ3n) is 3.23. The van der Waals surface area contributed by atoms with E-state index in [0.717, 1.165) is 26.3 Å². The molecule has 1 amide bonds. The van der Waals surface area contributed by atoms with Crippen molar-refractivity contribution in [1.29, 1.82) is 0 Å². The minimum Gasteiger partial charge on any atom is -0.274 e. The van der Waals surface area contributed by atoms with Crippen molar-refractivity contribution in [1.82, 2.24) is 10.0 Å². The molecule has 2 rings (SSSR count). The molecule has 10 heteroatoms. The zero-order valence-corrected chi connectivity index (χ0v) is 12.3. The fourth-order valence-corrected chi connectivity index (χ4v) is 2.05. The zero-order valence-electron chi connectivity index (χ0n) is 12.3. The molecule has 4 nitrogen and oxygen atoms in total. The van der Waals surface area contributed by atoms with Gasteiger partial charge in [0, 0.05) is 12.4 Å². The average Bonchev–Trinajstić information content (AvgIpc) is 2.49. The number of amides is 1. The molecule has 0 saturated heterocycles. The fourth-order valence-electron chi connectivity index (χ4n) is 2.05. The lowest BCUT2D eigenvalue weighted by molar-refractivity contribution is -0.142. The number of aromatic nitrogens is 1. The number of carbonyl (C=O) groups is 1. The Balaban J connectivity index is 2.89. The largest absolute Gasteiger partial charge is 0.433 e. The van der Waals surface area contributed by atoms with E-state index in [1.165, 1.54) is 0 Å². The van der Waals surface area contributed by atoms with E-state index in [0.29, 0.717) is 17.2 Å². The van der Waals surface area contributed by atoms with Gasteiger partial charge in [-0.1, -0.05) is 12.1 Å². The van der Waals surface area contributed by atoms with Gasteiger partial charge in [0.05, 0.1) is 23.8 Å². The Kier molecular flexibility index (Phi) is 4.44. The highest BCUT2D eigenvalue weighted by Crippen LogP contribution is 2.37. The van der Waals surface area contributed by atoms with Gasteiger partial charge in [0.25, 0.3) is 5.91 Å². The van der Waals surface area contributed by atoms with Crippen LogP contribution in [0.5, 0.6) is 0 Å². The van der Waals surface area contributed by atoms with E-state index in [4.69, 9.17) is 0 Å². The van der Waals surface area contributed by atoms with E-state index in [9.17, 15) is 31.1 Å². The Morgan fingerprint density at radius 2 is 1.75 bits per heavy atom. The number of pyridine rings is 1. The first-order valence-corrected chi connectivity index (χ1v) is 6.37. The number of hydrogen-bond acceptors (Lipinski definition) is 3. The number of nitrogens with zero attached hydrogens (tertiary/aromatic N) is 2. The number of fused-ring (bicyclic) bond motifs is 1. The quantitative estimate of drug-likeness (QED) is 0.608. The predicted molar refractivity (Wildman–Crippen MR) is 70.8 cm³/mol. The van der Waals surface area contributed by atoms with Crippen molar-refractivity contribution in [3.63, 3.8) is 0 Å². The summed E-state index contributed by atoms with van der Waals surface area (Å²) in [6.07, 6.45) is -9.95. The smallest absolute Gasteiger partial charge is 0.274 e. The van der Waals surface area contributed by atoms with Crippen LogP contribution in [-0.2, 0) is 17.2 Å². The minimum absolute atomic E-state index is 0.355. The lowest BCUT2D eigenvalue weighted by atomic mass is 10.0. The van der Waals surface area contributed by atoms with Crippen LogP contribution in [0.3, 0.4) is 0 Å². The summed E-state index contributed by atoms with van der Waals surface area (Å²) in [6.45, 7) is 0. The highest BCUT2D eigenvalue weighted by atomic mass is 19.4. The summed E-state index contributed by atoms with van der Waals surface area (Å²) >= 11 is 0. The monoisotopic (exact) mass is 352 g/mol. The number of para-hydroxylation sites is 1. The van der Waals surface area contributed by atoms with Crippen molar-refractivity contribution in [3.8, 4) is 0 Å². The third kappa shape index (κ3) is 3.28. The van der Waals surface area contributed by atoms with E-state index >= 15 is 0 Å². The van der Waals surface area contributed by atoms with Gasteiger partial charge in [0.2, 0.25) is 0 Å².